The smallest absolute Gasteiger partial charge is 0.160 e. The van der Waals surface area contributed by atoms with Crippen molar-refractivity contribution >= 4 is 34.1 Å². The van der Waals surface area contributed by atoms with Crippen LogP contribution in [0.2, 0.25) is 0 Å². The molecule has 0 atom stereocenters. The average Bonchev–Trinajstić information content (AvgIpc) is 3.05. The summed E-state index contributed by atoms with van der Waals surface area (Å²) in [7, 11) is 0. The number of alkyl halides is 1. The lowest BCUT2D eigenvalue weighted by Crippen LogP contribution is -2.07. The number of hydrogen-bond acceptors (Lipinski definition) is 3. The molecular formula is C15H16ClN3S. The summed E-state index contributed by atoms with van der Waals surface area (Å²) >= 11 is 7.64. The first kappa shape index (κ1) is 13.6. The third-order valence-electron chi connectivity index (χ3n) is 3.44. The molecule has 0 radical (unpaired) electrons. The molecule has 0 aliphatic rings. The minimum absolute atomic E-state index is 0.584. The van der Waals surface area contributed by atoms with Crippen LogP contribution in [0.3, 0.4) is 0 Å². The van der Waals surface area contributed by atoms with E-state index in [1.54, 1.807) is 11.3 Å². The summed E-state index contributed by atoms with van der Waals surface area (Å²) < 4.78 is 2.21. The van der Waals surface area contributed by atoms with Gasteiger partial charge in [-0.3, -0.25) is 0 Å². The maximum absolute atomic E-state index is 5.90. The Kier molecular flexibility index (Phi) is 4.03. The molecule has 3 heterocycles. The van der Waals surface area contributed by atoms with E-state index < -0.39 is 0 Å². The Labute approximate surface area is 127 Å². The van der Waals surface area contributed by atoms with Crippen LogP contribution >= 0.6 is 22.9 Å². The highest BCUT2D eigenvalue weighted by Crippen LogP contribution is 2.19. The van der Waals surface area contributed by atoms with E-state index in [0.717, 1.165) is 36.4 Å². The van der Waals surface area contributed by atoms with Crippen LogP contribution < -0.4 is 0 Å². The van der Waals surface area contributed by atoms with Crippen molar-refractivity contribution in [1.82, 2.24) is 14.5 Å². The number of thiophene rings is 1. The second kappa shape index (κ2) is 5.94. The van der Waals surface area contributed by atoms with Crippen molar-refractivity contribution in [3.8, 4) is 0 Å². The SMILES string of the molecule is Cc1ccnc2c1nc(CCCl)n2CCc1ccsc1. The van der Waals surface area contributed by atoms with E-state index in [9.17, 15) is 0 Å². The topological polar surface area (TPSA) is 30.7 Å². The molecule has 104 valence electrons. The summed E-state index contributed by atoms with van der Waals surface area (Å²) in [5, 5.41) is 4.31. The number of pyridine rings is 1. The van der Waals surface area contributed by atoms with Gasteiger partial charge in [0.15, 0.2) is 5.65 Å². The number of rotatable bonds is 5. The molecule has 0 saturated carbocycles. The lowest BCUT2D eigenvalue weighted by atomic mass is 10.2. The third-order valence-corrected chi connectivity index (χ3v) is 4.36. The minimum atomic E-state index is 0.584. The molecule has 3 aromatic rings. The van der Waals surface area contributed by atoms with Gasteiger partial charge in [0, 0.05) is 25.0 Å². The highest BCUT2D eigenvalue weighted by molar-refractivity contribution is 7.07. The van der Waals surface area contributed by atoms with Crippen molar-refractivity contribution in [2.24, 2.45) is 0 Å². The van der Waals surface area contributed by atoms with Gasteiger partial charge in [0.25, 0.3) is 0 Å². The van der Waals surface area contributed by atoms with Crippen molar-refractivity contribution < 1.29 is 0 Å². The maximum Gasteiger partial charge on any atom is 0.160 e. The normalized spacial score (nSPS) is 11.3. The van der Waals surface area contributed by atoms with Gasteiger partial charge in [-0.15, -0.1) is 11.6 Å². The fraction of sp³-hybridized carbons (Fsp3) is 0.333. The molecule has 0 saturated heterocycles. The lowest BCUT2D eigenvalue weighted by molar-refractivity contribution is 0.670. The first-order chi connectivity index (χ1) is 9.79. The van der Waals surface area contributed by atoms with Gasteiger partial charge in [-0.05, 0) is 47.4 Å². The summed E-state index contributed by atoms with van der Waals surface area (Å²) in [6.45, 7) is 2.97. The first-order valence-electron chi connectivity index (χ1n) is 6.67. The molecule has 3 nitrogen and oxygen atoms in total. The maximum atomic E-state index is 5.90. The third kappa shape index (κ3) is 2.58. The molecule has 0 aromatic carbocycles. The number of hydrogen-bond donors (Lipinski definition) is 0. The van der Waals surface area contributed by atoms with E-state index in [1.165, 1.54) is 11.1 Å². The minimum Gasteiger partial charge on any atom is -0.312 e. The van der Waals surface area contributed by atoms with Crippen LogP contribution in [0.15, 0.2) is 29.1 Å². The van der Waals surface area contributed by atoms with E-state index in [1.807, 2.05) is 12.3 Å². The quantitative estimate of drug-likeness (QED) is 0.671. The van der Waals surface area contributed by atoms with E-state index in [4.69, 9.17) is 16.6 Å². The van der Waals surface area contributed by atoms with Gasteiger partial charge in [-0.1, -0.05) is 0 Å². The Bertz CT molecular complexity index is 703. The van der Waals surface area contributed by atoms with E-state index in [-0.39, 0.29) is 0 Å². The molecule has 0 fully saturated rings. The summed E-state index contributed by atoms with van der Waals surface area (Å²) in [4.78, 5) is 9.23. The summed E-state index contributed by atoms with van der Waals surface area (Å²) in [6.07, 6.45) is 3.63. The number of nitrogens with zero attached hydrogens (tertiary/aromatic N) is 3. The molecule has 20 heavy (non-hydrogen) atoms. The van der Waals surface area contributed by atoms with E-state index in [2.05, 4.69) is 33.3 Å². The fourth-order valence-corrected chi connectivity index (χ4v) is 3.24. The average molecular weight is 306 g/mol. The molecule has 0 unspecified atom stereocenters. The Hall–Kier alpha value is -1.39. The monoisotopic (exact) mass is 305 g/mol. The van der Waals surface area contributed by atoms with Gasteiger partial charge in [-0.25, -0.2) is 9.97 Å². The van der Waals surface area contributed by atoms with Crippen molar-refractivity contribution in [2.75, 3.05) is 5.88 Å². The van der Waals surface area contributed by atoms with Crippen LogP contribution in [0, 0.1) is 6.92 Å². The molecule has 0 bridgehead atoms. The van der Waals surface area contributed by atoms with Gasteiger partial charge in [-0.2, -0.15) is 11.3 Å². The summed E-state index contributed by atoms with van der Waals surface area (Å²) in [6, 6.07) is 4.17. The molecule has 3 rings (SSSR count). The number of imidazole rings is 1. The molecule has 5 heteroatoms. The Morgan fingerprint density at radius 3 is 2.95 bits per heavy atom. The van der Waals surface area contributed by atoms with Gasteiger partial charge in [0.05, 0.1) is 0 Å². The van der Waals surface area contributed by atoms with Crippen molar-refractivity contribution in [3.05, 3.63) is 46.0 Å². The second-order valence-electron chi connectivity index (χ2n) is 4.80. The number of aryl methyl sites for hydroxylation is 4. The zero-order valence-corrected chi connectivity index (χ0v) is 12.9. The van der Waals surface area contributed by atoms with Gasteiger partial charge in [0.2, 0.25) is 0 Å². The van der Waals surface area contributed by atoms with E-state index in [0.29, 0.717) is 5.88 Å². The molecule has 0 amide bonds. The highest BCUT2D eigenvalue weighted by atomic mass is 35.5. The van der Waals surface area contributed by atoms with Gasteiger partial charge < -0.3 is 4.57 Å². The van der Waals surface area contributed by atoms with Gasteiger partial charge in [0.1, 0.15) is 11.3 Å². The lowest BCUT2D eigenvalue weighted by Gasteiger charge is -2.07. The Morgan fingerprint density at radius 2 is 2.20 bits per heavy atom. The van der Waals surface area contributed by atoms with Crippen LogP contribution in [-0.2, 0) is 19.4 Å². The van der Waals surface area contributed by atoms with Crippen LogP contribution in [0.5, 0.6) is 0 Å². The summed E-state index contributed by atoms with van der Waals surface area (Å²) in [5.74, 6) is 1.62. The van der Waals surface area contributed by atoms with Crippen LogP contribution in [0.4, 0.5) is 0 Å². The fourth-order valence-electron chi connectivity index (χ4n) is 2.37. The first-order valence-corrected chi connectivity index (χ1v) is 8.15. The van der Waals surface area contributed by atoms with Crippen molar-refractivity contribution in [1.29, 1.82) is 0 Å². The molecular weight excluding hydrogens is 290 g/mol. The predicted molar refractivity (Wildman–Crippen MR) is 84.7 cm³/mol. The molecule has 0 spiro atoms. The largest absolute Gasteiger partial charge is 0.312 e. The highest BCUT2D eigenvalue weighted by Gasteiger charge is 2.12. The Balaban J connectivity index is 1.98. The predicted octanol–water partition coefficient (Wildman–Crippen LogP) is 3.83. The zero-order valence-electron chi connectivity index (χ0n) is 11.3. The van der Waals surface area contributed by atoms with Crippen LogP contribution in [0.1, 0.15) is 17.0 Å². The van der Waals surface area contributed by atoms with Crippen LogP contribution in [0.25, 0.3) is 11.2 Å². The molecule has 0 aliphatic carbocycles. The zero-order chi connectivity index (χ0) is 13.9. The van der Waals surface area contributed by atoms with Crippen LogP contribution in [-0.4, -0.2) is 20.4 Å². The second-order valence-corrected chi connectivity index (χ2v) is 5.96. The number of aromatic nitrogens is 3. The van der Waals surface area contributed by atoms with Crippen molar-refractivity contribution in [2.45, 2.75) is 26.3 Å². The van der Waals surface area contributed by atoms with Crippen molar-refractivity contribution in [3.63, 3.8) is 0 Å². The Morgan fingerprint density at radius 1 is 1.30 bits per heavy atom. The molecule has 0 N–H and O–H groups in total. The van der Waals surface area contributed by atoms with E-state index >= 15 is 0 Å². The standard InChI is InChI=1S/C15H16ClN3S/c1-11-3-7-17-15-14(11)18-13(2-6-16)19(15)8-4-12-5-9-20-10-12/h3,5,7,9-10H,2,4,6,8H2,1H3. The summed E-state index contributed by atoms with van der Waals surface area (Å²) in [5.41, 5.74) is 4.50. The number of fused-ring (bicyclic) bond motifs is 1. The van der Waals surface area contributed by atoms with Gasteiger partial charge >= 0.3 is 0 Å². The molecule has 3 aromatic heterocycles. The number of halogens is 1. The molecule has 0 aliphatic heterocycles.